The summed E-state index contributed by atoms with van der Waals surface area (Å²) in [5.41, 5.74) is 5.22. The minimum absolute atomic E-state index is 0.129. The minimum atomic E-state index is -4.47. The molecule has 0 bridgehead atoms. The van der Waals surface area contributed by atoms with Crippen LogP contribution in [0.15, 0.2) is 128 Å². The first-order valence-corrected chi connectivity index (χ1v) is 16.3. The molecule has 2 amide bonds. The molecule has 0 saturated carbocycles. The number of halogens is 3. The highest BCUT2D eigenvalue weighted by Crippen LogP contribution is 2.30. The summed E-state index contributed by atoms with van der Waals surface area (Å²) in [4.78, 5) is 36.6. The van der Waals surface area contributed by atoms with Gasteiger partial charge in [0.25, 0.3) is 0 Å². The topological polar surface area (TPSA) is 62.7 Å². The Bertz CT molecular complexity index is 1950. The monoisotopic (exact) mass is 675 g/mol. The van der Waals surface area contributed by atoms with E-state index in [4.69, 9.17) is 4.74 Å². The van der Waals surface area contributed by atoms with Gasteiger partial charge in [-0.15, -0.1) is 0 Å². The predicted molar refractivity (Wildman–Crippen MR) is 187 cm³/mol. The Kier molecular flexibility index (Phi) is 10.4. The first kappa shape index (κ1) is 34.2. The Morgan fingerprint density at radius 2 is 1.62 bits per heavy atom. The van der Waals surface area contributed by atoms with E-state index in [1.807, 2.05) is 91.0 Å². The van der Waals surface area contributed by atoms with Gasteiger partial charge in [-0.05, 0) is 76.7 Å². The van der Waals surface area contributed by atoms with Crippen molar-refractivity contribution in [2.24, 2.45) is 0 Å². The van der Waals surface area contributed by atoms with Crippen LogP contribution in [-0.4, -0.2) is 46.3 Å². The van der Waals surface area contributed by atoms with Crippen molar-refractivity contribution in [1.82, 2.24) is 14.8 Å². The third-order valence-corrected chi connectivity index (χ3v) is 8.88. The smallest absolute Gasteiger partial charge is 0.416 e. The van der Waals surface area contributed by atoms with Gasteiger partial charge in [0.2, 0.25) is 11.8 Å². The number of aromatic nitrogens is 1. The third-order valence-electron chi connectivity index (χ3n) is 8.88. The molecule has 0 aliphatic carbocycles. The number of ether oxygens (including phenoxy) is 1. The highest BCUT2D eigenvalue weighted by Gasteiger charge is 2.34. The molecular weight excluding hydrogens is 639 g/mol. The summed E-state index contributed by atoms with van der Waals surface area (Å²) in [5.74, 6) is 0.142. The summed E-state index contributed by atoms with van der Waals surface area (Å²) < 4.78 is 44.9. The van der Waals surface area contributed by atoms with Gasteiger partial charge < -0.3 is 14.5 Å². The molecule has 0 saturated heterocycles. The Morgan fingerprint density at radius 3 is 2.30 bits per heavy atom. The number of amides is 2. The standard InChI is InChI=1S/C41H36F3N3O3/c1-50-36-20-17-34-28-46(24-22-33(34)26-36)40(49)38(25-30-7-3-2-4-8-30)47(27-31-10-15-32(16-11-31)37-9-5-6-23-45-37)39(48)21-14-29-12-18-35(19-13-29)41(42,43)44/h2-21,23,26,38H,22,24-25,27-28H2,1H3/t38-/m0/s1. The number of pyridine rings is 1. The number of fused-ring (bicyclic) bond motifs is 1. The van der Waals surface area contributed by atoms with Crippen molar-refractivity contribution in [2.45, 2.75) is 38.1 Å². The third kappa shape index (κ3) is 8.29. The van der Waals surface area contributed by atoms with E-state index in [1.54, 1.807) is 23.1 Å². The maximum absolute atomic E-state index is 14.6. The van der Waals surface area contributed by atoms with Crippen LogP contribution in [-0.2, 0) is 41.7 Å². The Morgan fingerprint density at radius 1 is 0.880 bits per heavy atom. The fourth-order valence-corrected chi connectivity index (χ4v) is 6.12. The first-order valence-electron chi connectivity index (χ1n) is 16.3. The van der Waals surface area contributed by atoms with Crippen LogP contribution in [0.3, 0.4) is 0 Å². The number of methoxy groups -OCH3 is 1. The highest BCUT2D eigenvalue weighted by atomic mass is 19.4. The van der Waals surface area contributed by atoms with Crippen molar-refractivity contribution in [3.05, 3.63) is 161 Å². The van der Waals surface area contributed by atoms with Crippen molar-refractivity contribution >= 4 is 17.9 Å². The summed E-state index contributed by atoms with van der Waals surface area (Å²) in [6.45, 7) is 1.00. The molecule has 0 N–H and O–H groups in total. The zero-order valence-corrected chi connectivity index (χ0v) is 27.5. The van der Waals surface area contributed by atoms with E-state index >= 15 is 0 Å². The maximum atomic E-state index is 14.6. The van der Waals surface area contributed by atoms with Crippen molar-refractivity contribution < 1.29 is 27.5 Å². The summed E-state index contributed by atoms with van der Waals surface area (Å²) in [6, 6.07) is 32.5. The van der Waals surface area contributed by atoms with Crippen LogP contribution in [0.5, 0.6) is 5.75 Å². The van der Waals surface area contributed by atoms with Crippen LogP contribution in [0.4, 0.5) is 13.2 Å². The molecule has 0 spiro atoms. The average molecular weight is 676 g/mol. The molecule has 50 heavy (non-hydrogen) atoms. The molecule has 2 heterocycles. The number of hydrogen-bond acceptors (Lipinski definition) is 4. The lowest BCUT2D eigenvalue weighted by atomic mass is 9.97. The van der Waals surface area contributed by atoms with Gasteiger partial charge in [0.1, 0.15) is 11.8 Å². The Labute approximate surface area is 289 Å². The highest BCUT2D eigenvalue weighted by molar-refractivity contribution is 5.96. The molecule has 0 fully saturated rings. The molecule has 6 nitrogen and oxygen atoms in total. The molecule has 1 aromatic heterocycles. The average Bonchev–Trinajstić information content (AvgIpc) is 3.15. The van der Waals surface area contributed by atoms with E-state index in [0.717, 1.165) is 51.4 Å². The van der Waals surface area contributed by atoms with E-state index in [9.17, 15) is 22.8 Å². The molecule has 0 unspecified atom stereocenters. The van der Waals surface area contributed by atoms with Gasteiger partial charge in [-0.25, -0.2) is 0 Å². The first-order chi connectivity index (χ1) is 24.2. The van der Waals surface area contributed by atoms with Gasteiger partial charge in [-0.1, -0.05) is 78.9 Å². The van der Waals surface area contributed by atoms with Crippen molar-refractivity contribution in [2.75, 3.05) is 13.7 Å². The molecule has 5 aromatic rings. The van der Waals surface area contributed by atoms with E-state index < -0.39 is 23.7 Å². The predicted octanol–water partition coefficient (Wildman–Crippen LogP) is 8.01. The van der Waals surface area contributed by atoms with Crippen LogP contribution in [0.2, 0.25) is 0 Å². The largest absolute Gasteiger partial charge is 0.497 e. The molecule has 0 radical (unpaired) electrons. The van der Waals surface area contributed by atoms with E-state index in [2.05, 4.69) is 4.98 Å². The van der Waals surface area contributed by atoms with Crippen LogP contribution in [0, 0.1) is 0 Å². The van der Waals surface area contributed by atoms with Gasteiger partial charge in [0, 0.05) is 43.9 Å². The Balaban J connectivity index is 1.33. The summed E-state index contributed by atoms with van der Waals surface area (Å²) >= 11 is 0. The number of nitrogens with zero attached hydrogens (tertiary/aromatic N) is 3. The number of rotatable bonds is 10. The summed E-state index contributed by atoms with van der Waals surface area (Å²) in [6.07, 6.45) is 0.988. The number of carbonyl (C=O) groups is 2. The van der Waals surface area contributed by atoms with Crippen molar-refractivity contribution in [3.63, 3.8) is 0 Å². The van der Waals surface area contributed by atoms with E-state index in [1.165, 1.54) is 24.3 Å². The second kappa shape index (κ2) is 15.2. The van der Waals surface area contributed by atoms with Crippen molar-refractivity contribution in [1.29, 1.82) is 0 Å². The van der Waals surface area contributed by atoms with Gasteiger partial charge in [-0.2, -0.15) is 13.2 Å². The molecule has 1 atom stereocenters. The second-order valence-corrected chi connectivity index (χ2v) is 12.2. The molecular formula is C41H36F3N3O3. The number of carbonyl (C=O) groups excluding carboxylic acids is 2. The van der Waals surface area contributed by atoms with Gasteiger partial charge in [0.05, 0.1) is 18.4 Å². The van der Waals surface area contributed by atoms with E-state index in [-0.39, 0.29) is 18.9 Å². The number of hydrogen-bond donors (Lipinski definition) is 0. The second-order valence-electron chi connectivity index (χ2n) is 12.2. The Hall–Kier alpha value is -5.70. The lowest BCUT2D eigenvalue weighted by Crippen LogP contribution is -2.52. The van der Waals surface area contributed by atoms with Crippen LogP contribution < -0.4 is 4.74 Å². The lowest BCUT2D eigenvalue weighted by molar-refractivity contribution is -0.144. The van der Waals surface area contributed by atoms with Crippen LogP contribution in [0.1, 0.15) is 33.4 Å². The SMILES string of the molecule is COc1ccc2c(c1)CCN(C(=O)[C@H](Cc1ccccc1)N(Cc1ccc(-c3ccccn3)cc1)C(=O)C=Cc1ccc(C(F)(F)F)cc1)C2. The van der Waals surface area contributed by atoms with Crippen molar-refractivity contribution in [3.8, 4) is 17.0 Å². The van der Waals surface area contributed by atoms with Gasteiger partial charge in [-0.3, -0.25) is 14.6 Å². The summed E-state index contributed by atoms with van der Waals surface area (Å²) in [5, 5.41) is 0. The molecule has 4 aromatic carbocycles. The minimum Gasteiger partial charge on any atom is -0.497 e. The number of benzene rings is 4. The molecule has 1 aliphatic rings. The maximum Gasteiger partial charge on any atom is 0.416 e. The molecule has 6 rings (SSSR count). The van der Waals surface area contributed by atoms with Gasteiger partial charge in [0.15, 0.2) is 0 Å². The number of alkyl halides is 3. The molecule has 9 heteroatoms. The quantitative estimate of drug-likeness (QED) is 0.141. The van der Waals surface area contributed by atoms with Crippen LogP contribution >= 0.6 is 0 Å². The normalized spacial score (nSPS) is 13.5. The molecule has 254 valence electrons. The van der Waals surface area contributed by atoms with Gasteiger partial charge >= 0.3 is 6.18 Å². The fraction of sp³-hybridized carbons (Fsp3) is 0.195. The lowest BCUT2D eigenvalue weighted by Gasteiger charge is -2.37. The zero-order valence-electron chi connectivity index (χ0n) is 27.5. The fourth-order valence-electron chi connectivity index (χ4n) is 6.12. The van der Waals surface area contributed by atoms with Crippen LogP contribution in [0.25, 0.3) is 17.3 Å². The van der Waals surface area contributed by atoms with E-state index in [0.29, 0.717) is 25.1 Å². The summed E-state index contributed by atoms with van der Waals surface area (Å²) in [7, 11) is 1.62. The zero-order chi connectivity index (χ0) is 35.1. The molecule has 1 aliphatic heterocycles.